The molecular formula is C20H24N2O2. The second-order valence-corrected chi connectivity index (χ2v) is 6.59. The largest absolute Gasteiger partial charge is 0.391 e. The third-order valence-corrected chi connectivity index (χ3v) is 4.73. The molecule has 1 amide bonds. The van der Waals surface area contributed by atoms with Crippen LogP contribution in [-0.4, -0.2) is 39.6 Å². The number of hydrogen-bond donors (Lipinski definition) is 1. The van der Waals surface area contributed by atoms with Crippen LogP contribution in [0.15, 0.2) is 48.8 Å². The van der Waals surface area contributed by atoms with Gasteiger partial charge in [0.15, 0.2) is 0 Å². The molecule has 4 nitrogen and oxygen atoms in total. The summed E-state index contributed by atoms with van der Waals surface area (Å²) in [5, 5.41) is 10.5. The van der Waals surface area contributed by atoms with Gasteiger partial charge < -0.3 is 10.0 Å². The standard InChI is InChI=1S/C20H24N2O2/c1-15-4-6-16(7-5-15)13-18-19(23)3-2-12-22(18)20(24)14-17-8-10-21-11-9-17/h4-11,18-19,23H,2-3,12-14H2,1H3/t18-,19-/m0/s1. The fourth-order valence-corrected chi connectivity index (χ4v) is 3.34. The van der Waals surface area contributed by atoms with Crippen molar-refractivity contribution in [1.29, 1.82) is 0 Å². The number of aromatic nitrogens is 1. The number of carbonyl (C=O) groups is 1. The molecule has 1 saturated heterocycles. The Hall–Kier alpha value is -2.20. The average Bonchev–Trinajstić information content (AvgIpc) is 2.59. The van der Waals surface area contributed by atoms with Crippen LogP contribution < -0.4 is 0 Å². The minimum Gasteiger partial charge on any atom is -0.391 e. The molecule has 0 saturated carbocycles. The van der Waals surface area contributed by atoms with E-state index in [2.05, 4.69) is 36.2 Å². The Balaban J connectivity index is 1.73. The first-order chi connectivity index (χ1) is 11.6. The lowest BCUT2D eigenvalue weighted by atomic mass is 9.92. The molecule has 2 aromatic rings. The molecule has 0 spiro atoms. The van der Waals surface area contributed by atoms with E-state index in [1.165, 1.54) is 5.56 Å². The van der Waals surface area contributed by atoms with Crippen LogP contribution >= 0.6 is 0 Å². The maximum Gasteiger partial charge on any atom is 0.227 e. The van der Waals surface area contributed by atoms with Crippen LogP contribution in [0.4, 0.5) is 0 Å². The number of piperidine rings is 1. The zero-order valence-corrected chi connectivity index (χ0v) is 14.1. The van der Waals surface area contributed by atoms with Crippen LogP contribution in [-0.2, 0) is 17.6 Å². The summed E-state index contributed by atoms with van der Waals surface area (Å²) in [7, 11) is 0. The second kappa shape index (κ2) is 7.58. The zero-order chi connectivity index (χ0) is 16.9. The summed E-state index contributed by atoms with van der Waals surface area (Å²) in [5.41, 5.74) is 3.34. The van der Waals surface area contributed by atoms with Crippen molar-refractivity contribution >= 4 is 5.91 Å². The number of aliphatic hydroxyl groups excluding tert-OH is 1. The van der Waals surface area contributed by atoms with E-state index < -0.39 is 6.10 Å². The van der Waals surface area contributed by atoms with Gasteiger partial charge in [0.25, 0.3) is 0 Å². The maximum atomic E-state index is 12.8. The van der Waals surface area contributed by atoms with Crippen molar-refractivity contribution in [2.24, 2.45) is 0 Å². The number of likely N-dealkylation sites (tertiary alicyclic amines) is 1. The second-order valence-electron chi connectivity index (χ2n) is 6.59. The molecule has 1 aromatic carbocycles. The predicted octanol–water partition coefficient (Wildman–Crippen LogP) is 2.53. The van der Waals surface area contributed by atoms with Crippen molar-refractivity contribution < 1.29 is 9.90 Å². The van der Waals surface area contributed by atoms with E-state index in [0.717, 1.165) is 30.5 Å². The highest BCUT2D eigenvalue weighted by atomic mass is 16.3. The summed E-state index contributed by atoms with van der Waals surface area (Å²) in [6, 6.07) is 11.9. The minimum absolute atomic E-state index is 0.0806. The van der Waals surface area contributed by atoms with E-state index in [-0.39, 0.29) is 11.9 Å². The molecule has 0 bridgehead atoms. The van der Waals surface area contributed by atoms with Gasteiger partial charge in [0.1, 0.15) is 0 Å². The average molecular weight is 324 g/mol. The van der Waals surface area contributed by atoms with Gasteiger partial charge in [0, 0.05) is 18.9 Å². The van der Waals surface area contributed by atoms with Gasteiger partial charge in [-0.25, -0.2) is 0 Å². The molecule has 0 aliphatic carbocycles. The molecular weight excluding hydrogens is 300 g/mol. The van der Waals surface area contributed by atoms with E-state index in [4.69, 9.17) is 0 Å². The van der Waals surface area contributed by atoms with Gasteiger partial charge in [-0.1, -0.05) is 29.8 Å². The third kappa shape index (κ3) is 4.01. The number of amides is 1. The zero-order valence-electron chi connectivity index (χ0n) is 14.1. The molecule has 1 aliphatic heterocycles. The van der Waals surface area contributed by atoms with Crippen molar-refractivity contribution in [3.8, 4) is 0 Å². The Morgan fingerprint density at radius 1 is 1.17 bits per heavy atom. The topological polar surface area (TPSA) is 53.4 Å². The molecule has 126 valence electrons. The Morgan fingerprint density at radius 2 is 1.88 bits per heavy atom. The molecule has 3 rings (SSSR count). The van der Waals surface area contributed by atoms with Crippen molar-refractivity contribution in [2.75, 3.05) is 6.54 Å². The molecule has 1 fully saturated rings. The van der Waals surface area contributed by atoms with Gasteiger partial charge >= 0.3 is 0 Å². The molecule has 1 N–H and O–H groups in total. The number of aryl methyl sites for hydroxylation is 1. The van der Waals surface area contributed by atoms with Gasteiger partial charge in [0.05, 0.1) is 18.6 Å². The number of hydrogen-bond acceptors (Lipinski definition) is 3. The Labute approximate surface area is 143 Å². The highest BCUT2D eigenvalue weighted by Crippen LogP contribution is 2.22. The van der Waals surface area contributed by atoms with Crippen LogP contribution in [0.5, 0.6) is 0 Å². The molecule has 2 heterocycles. The highest BCUT2D eigenvalue weighted by molar-refractivity contribution is 5.79. The summed E-state index contributed by atoms with van der Waals surface area (Å²) in [6.07, 6.45) is 5.63. The Kier molecular flexibility index (Phi) is 5.26. The number of carbonyl (C=O) groups excluding carboxylic acids is 1. The molecule has 24 heavy (non-hydrogen) atoms. The van der Waals surface area contributed by atoms with E-state index >= 15 is 0 Å². The number of pyridine rings is 1. The minimum atomic E-state index is -0.457. The third-order valence-electron chi connectivity index (χ3n) is 4.73. The quantitative estimate of drug-likeness (QED) is 0.940. The first-order valence-corrected chi connectivity index (χ1v) is 8.55. The summed E-state index contributed by atoms with van der Waals surface area (Å²) in [5.74, 6) is 0.0806. The number of benzene rings is 1. The first-order valence-electron chi connectivity index (χ1n) is 8.55. The highest BCUT2D eigenvalue weighted by Gasteiger charge is 2.33. The van der Waals surface area contributed by atoms with E-state index in [1.807, 2.05) is 17.0 Å². The van der Waals surface area contributed by atoms with Crippen LogP contribution in [0.2, 0.25) is 0 Å². The lowest BCUT2D eigenvalue weighted by molar-refractivity contribution is -0.138. The molecule has 4 heteroatoms. The normalized spacial score (nSPS) is 20.8. The van der Waals surface area contributed by atoms with Crippen LogP contribution in [0.1, 0.15) is 29.5 Å². The summed E-state index contributed by atoms with van der Waals surface area (Å²) in [4.78, 5) is 18.6. The number of aliphatic hydroxyl groups is 1. The molecule has 1 aliphatic rings. The van der Waals surface area contributed by atoms with Crippen molar-refractivity contribution in [1.82, 2.24) is 9.88 Å². The maximum absolute atomic E-state index is 12.8. The lowest BCUT2D eigenvalue weighted by Crippen LogP contribution is -2.52. The van der Waals surface area contributed by atoms with Gasteiger partial charge in [-0.15, -0.1) is 0 Å². The Morgan fingerprint density at radius 3 is 2.58 bits per heavy atom. The fraction of sp³-hybridized carbons (Fsp3) is 0.400. The van der Waals surface area contributed by atoms with Crippen LogP contribution in [0, 0.1) is 6.92 Å². The van der Waals surface area contributed by atoms with Crippen molar-refractivity contribution in [3.63, 3.8) is 0 Å². The molecule has 1 aromatic heterocycles. The monoisotopic (exact) mass is 324 g/mol. The van der Waals surface area contributed by atoms with Gasteiger partial charge in [-0.2, -0.15) is 0 Å². The van der Waals surface area contributed by atoms with Crippen LogP contribution in [0.25, 0.3) is 0 Å². The SMILES string of the molecule is Cc1ccc(C[C@H]2[C@@H](O)CCCN2C(=O)Cc2ccncc2)cc1. The predicted molar refractivity (Wildman–Crippen MR) is 93.6 cm³/mol. The van der Waals surface area contributed by atoms with Crippen molar-refractivity contribution in [2.45, 2.75) is 44.8 Å². The first kappa shape index (κ1) is 16.7. The summed E-state index contributed by atoms with van der Waals surface area (Å²) in [6.45, 7) is 2.78. The van der Waals surface area contributed by atoms with Gasteiger partial charge in [0.2, 0.25) is 5.91 Å². The number of nitrogens with zero attached hydrogens (tertiary/aromatic N) is 2. The van der Waals surface area contributed by atoms with Gasteiger partial charge in [-0.3, -0.25) is 9.78 Å². The summed E-state index contributed by atoms with van der Waals surface area (Å²) >= 11 is 0. The molecule has 0 unspecified atom stereocenters. The fourth-order valence-electron chi connectivity index (χ4n) is 3.34. The molecule has 0 radical (unpaired) electrons. The smallest absolute Gasteiger partial charge is 0.227 e. The molecule has 2 atom stereocenters. The van der Waals surface area contributed by atoms with E-state index in [1.54, 1.807) is 12.4 Å². The number of rotatable bonds is 4. The summed E-state index contributed by atoms with van der Waals surface area (Å²) < 4.78 is 0. The van der Waals surface area contributed by atoms with E-state index in [9.17, 15) is 9.90 Å². The van der Waals surface area contributed by atoms with E-state index in [0.29, 0.717) is 12.8 Å². The van der Waals surface area contributed by atoms with Crippen molar-refractivity contribution in [3.05, 3.63) is 65.5 Å². The van der Waals surface area contributed by atoms with Gasteiger partial charge in [-0.05, 0) is 49.4 Å². The van der Waals surface area contributed by atoms with Crippen LogP contribution in [0.3, 0.4) is 0 Å². The Bertz CT molecular complexity index is 670. The lowest BCUT2D eigenvalue weighted by Gasteiger charge is -2.39.